The van der Waals surface area contributed by atoms with Crippen LogP contribution in [0, 0.1) is 0 Å². The fourth-order valence-electron chi connectivity index (χ4n) is 1.69. The summed E-state index contributed by atoms with van der Waals surface area (Å²) in [6, 6.07) is 20.8. The van der Waals surface area contributed by atoms with Gasteiger partial charge < -0.3 is 0 Å². The molecule has 80 valence electrons. The lowest BCUT2D eigenvalue weighted by molar-refractivity contribution is 1.28. The van der Waals surface area contributed by atoms with Crippen molar-refractivity contribution in [3.63, 3.8) is 0 Å². The molecule has 0 saturated carbocycles. The molecule has 2 aromatic rings. The second-order valence-corrected chi connectivity index (χ2v) is 3.94. The third kappa shape index (κ3) is 2.77. The minimum absolute atomic E-state index is 0.925. The van der Waals surface area contributed by atoms with Crippen molar-refractivity contribution >= 4 is 18.2 Å². The molecule has 0 spiro atoms. The van der Waals surface area contributed by atoms with E-state index in [1.54, 1.807) is 0 Å². The molecule has 0 aromatic heterocycles. The molecule has 0 atom stereocenters. The summed E-state index contributed by atoms with van der Waals surface area (Å²) in [5.41, 5.74) is 3.79. The molecule has 0 heterocycles. The molecule has 1 heteroatoms. The van der Waals surface area contributed by atoms with E-state index in [1.165, 1.54) is 16.7 Å². The molecule has 2 aromatic carbocycles. The normalized spacial score (nSPS) is 11.4. The van der Waals surface area contributed by atoms with Crippen molar-refractivity contribution in [1.29, 1.82) is 0 Å². The van der Waals surface area contributed by atoms with Gasteiger partial charge in [0, 0.05) is 0 Å². The van der Waals surface area contributed by atoms with E-state index in [0.29, 0.717) is 0 Å². The van der Waals surface area contributed by atoms with Gasteiger partial charge >= 0.3 is 0 Å². The van der Waals surface area contributed by atoms with Crippen LogP contribution in [0.5, 0.6) is 0 Å². The minimum atomic E-state index is 0.925. The second-order valence-electron chi connectivity index (χ2n) is 3.68. The highest BCUT2D eigenvalue weighted by Gasteiger charge is 2.01. The van der Waals surface area contributed by atoms with Gasteiger partial charge in [-0.25, -0.2) is 0 Å². The molecule has 0 fully saturated rings. The molecule has 0 aliphatic carbocycles. The summed E-state index contributed by atoms with van der Waals surface area (Å²) in [6.45, 7) is 0. The van der Waals surface area contributed by atoms with Crippen LogP contribution in [0.25, 0.3) is 5.57 Å². The van der Waals surface area contributed by atoms with Crippen LogP contribution in [0.3, 0.4) is 0 Å². The molecular formula is C15H14S. The third-order valence-electron chi connectivity index (χ3n) is 2.54. The largest absolute Gasteiger partial charge is 0.151 e. The highest BCUT2D eigenvalue weighted by molar-refractivity contribution is 7.83. The Labute approximate surface area is 102 Å². The summed E-state index contributed by atoms with van der Waals surface area (Å²) >= 11 is 4.30. The predicted molar refractivity (Wildman–Crippen MR) is 73.6 cm³/mol. The lowest BCUT2D eigenvalue weighted by Crippen LogP contribution is -1.89. The molecule has 0 N–H and O–H groups in total. The quantitative estimate of drug-likeness (QED) is 0.745. The van der Waals surface area contributed by atoms with Gasteiger partial charge in [-0.2, -0.15) is 12.6 Å². The van der Waals surface area contributed by atoms with Crippen LogP contribution < -0.4 is 0 Å². The first-order valence-corrected chi connectivity index (χ1v) is 5.84. The maximum Gasteiger partial charge on any atom is -0.00148 e. The van der Waals surface area contributed by atoms with Gasteiger partial charge in [-0.05, 0) is 28.5 Å². The molecule has 0 nitrogen and oxygen atoms in total. The molecule has 0 amide bonds. The van der Waals surface area contributed by atoms with Crippen LogP contribution in [-0.4, -0.2) is 0 Å². The Bertz CT molecular complexity index is 457. The number of benzene rings is 2. The lowest BCUT2D eigenvalue weighted by Gasteiger charge is -2.06. The molecule has 0 aliphatic heterocycles. The van der Waals surface area contributed by atoms with Gasteiger partial charge in [-0.15, -0.1) is 0 Å². The second kappa shape index (κ2) is 5.57. The summed E-state index contributed by atoms with van der Waals surface area (Å²) in [5.74, 6) is 0. The fraction of sp³-hybridized carbons (Fsp3) is 0.0667. The van der Waals surface area contributed by atoms with Crippen LogP contribution in [0.15, 0.2) is 66.1 Å². The topological polar surface area (TPSA) is 0 Å². The Morgan fingerprint density at radius 2 is 1.44 bits per heavy atom. The SMILES string of the molecule is SC=C(Cc1ccccc1)c1ccccc1. The van der Waals surface area contributed by atoms with Crippen molar-refractivity contribution < 1.29 is 0 Å². The Balaban J connectivity index is 2.20. The van der Waals surface area contributed by atoms with Crippen LogP contribution in [0.4, 0.5) is 0 Å². The Morgan fingerprint density at radius 3 is 2.00 bits per heavy atom. The smallest absolute Gasteiger partial charge is 0.00148 e. The minimum Gasteiger partial charge on any atom is -0.151 e. The van der Waals surface area contributed by atoms with Crippen LogP contribution in [0.1, 0.15) is 11.1 Å². The van der Waals surface area contributed by atoms with Gasteiger partial charge in [0.15, 0.2) is 0 Å². The van der Waals surface area contributed by atoms with E-state index in [9.17, 15) is 0 Å². The van der Waals surface area contributed by atoms with Crippen molar-refractivity contribution in [2.75, 3.05) is 0 Å². The molecule has 0 aliphatic rings. The molecule has 16 heavy (non-hydrogen) atoms. The first kappa shape index (κ1) is 11.0. The maximum atomic E-state index is 4.30. The summed E-state index contributed by atoms with van der Waals surface area (Å²) in [6.07, 6.45) is 0.925. The van der Waals surface area contributed by atoms with Gasteiger partial charge in [0.05, 0.1) is 0 Å². The standard InChI is InChI=1S/C15H14S/c16-12-15(14-9-5-2-6-10-14)11-13-7-3-1-4-8-13/h1-10,12,16H,11H2. The highest BCUT2D eigenvalue weighted by Crippen LogP contribution is 2.20. The average molecular weight is 226 g/mol. The highest BCUT2D eigenvalue weighted by atomic mass is 32.1. The monoisotopic (exact) mass is 226 g/mol. The summed E-state index contributed by atoms with van der Waals surface area (Å²) in [4.78, 5) is 0. The van der Waals surface area contributed by atoms with Crippen molar-refractivity contribution in [3.8, 4) is 0 Å². The zero-order valence-electron chi connectivity index (χ0n) is 9.01. The Kier molecular flexibility index (Phi) is 3.84. The molecule has 0 radical (unpaired) electrons. The zero-order chi connectivity index (χ0) is 11.2. The van der Waals surface area contributed by atoms with Gasteiger partial charge in [-0.1, -0.05) is 60.7 Å². The summed E-state index contributed by atoms with van der Waals surface area (Å²) in [7, 11) is 0. The fourth-order valence-corrected chi connectivity index (χ4v) is 1.93. The van der Waals surface area contributed by atoms with E-state index in [-0.39, 0.29) is 0 Å². The van der Waals surface area contributed by atoms with Crippen molar-refractivity contribution in [2.45, 2.75) is 6.42 Å². The lowest BCUT2D eigenvalue weighted by atomic mass is 10.00. The third-order valence-corrected chi connectivity index (χ3v) is 2.85. The number of hydrogen-bond acceptors (Lipinski definition) is 1. The van der Waals surface area contributed by atoms with Crippen LogP contribution >= 0.6 is 12.6 Å². The Hall–Kier alpha value is -1.47. The van der Waals surface area contributed by atoms with E-state index in [4.69, 9.17) is 0 Å². The van der Waals surface area contributed by atoms with E-state index in [2.05, 4.69) is 61.2 Å². The van der Waals surface area contributed by atoms with Gasteiger partial charge in [0.1, 0.15) is 0 Å². The molecule has 2 rings (SSSR count). The average Bonchev–Trinajstić information content (AvgIpc) is 2.38. The van der Waals surface area contributed by atoms with Gasteiger partial charge in [0.2, 0.25) is 0 Å². The van der Waals surface area contributed by atoms with E-state index < -0.39 is 0 Å². The van der Waals surface area contributed by atoms with Gasteiger partial charge in [-0.3, -0.25) is 0 Å². The van der Waals surface area contributed by atoms with E-state index in [0.717, 1.165) is 6.42 Å². The molecule has 0 bridgehead atoms. The first-order chi connectivity index (χ1) is 7.90. The van der Waals surface area contributed by atoms with E-state index >= 15 is 0 Å². The molecular weight excluding hydrogens is 212 g/mol. The first-order valence-electron chi connectivity index (χ1n) is 5.33. The molecule has 0 saturated heterocycles. The number of thiol groups is 1. The number of allylic oxidation sites excluding steroid dienone is 1. The maximum absolute atomic E-state index is 4.30. The van der Waals surface area contributed by atoms with E-state index in [1.807, 2.05) is 17.5 Å². The van der Waals surface area contributed by atoms with Crippen molar-refractivity contribution in [3.05, 3.63) is 77.2 Å². The number of rotatable bonds is 3. The van der Waals surface area contributed by atoms with Gasteiger partial charge in [0.25, 0.3) is 0 Å². The predicted octanol–water partition coefficient (Wildman–Crippen LogP) is 4.20. The molecule has 0 unspecified atom stereocenters. The van der Waals surface area contributed by atoms with Crippen LogP contribution in [0.2, 0.25) is 0 Å². The van der Waals surface area contributed by atoms with Crippen molar-refractivity contribution in [1.82, 2.24) is 0 Å². The summed E-state index contributed by atoms with van der Waals surface area (Å²) < 4.78 is 0. The Morgan fingerprint density at radius 1 is 0.875 bits per heavy atom. The number of hydrogen-bond donors (Lipinski definition) is 1. The summed E-state index contributed by atoms with van der Waals surface area (Å²) in [5, 5.41) is 1.89. The zero-order valence-corrected chi connectivity index (χ0v) is 9.90. The van der Waals surface area contributed by atoms with Crippen LogP contribution in [-0.2, 0) is 6.42 Å². The van der Waals surface area contributed by atoms with Crippen molar-refractivity contribution in [2.24, 2.45) is 0 Å².